The maximum absolute atomic E-state index is 10.9. The van der Waals surface area contributed by atoms with Crippen LogP contribution in [0.4, 0.5) is 0 Å². The molecule has 0 unspecified atom stereocenters. The van der Waals surface area contributed by atoms with Gasteiger partial charge in [0.2, 0.25) is 0 Å². The van der Waals surface area contributed by atoms with Gasteiger partial charge in [-0.25, -0.2) is 0 Å². The molecule has 78 valence electrons. The molecule has 0 atom stereocenters. The molecule has 0 spiro atoms. The molecule has 5 heteroatoms. The smallest absolute Gasteiger partial charge is 0.311 e. The van der Waals surface area contributed by atoms with Gasteiger partial charge in [-0.3, -0.25) is 9.78 Å². The highest BCUT2D eigenvalue weighted by atomic mass is 35.5. The lowest BCUT2D eigenvalue weighted by Gasteiger charge is -2.00. The fraction of sp³-hybridized carbons (Fsp3) is 0.333. The first kappa shape index (κ1) is 13.2. The highest BCUT2D eigenvalue weighted by molar-refractivity contribution is 6.16. The molecule has 3 nitrogen and oxygen atoms in total. The van der Waals surface area contributed by atoms with Crippen LogP contribution in [0.5, 0.6) is 0 Å². The van der Waals surface area contributed by atoms with Gasteiger partial charge in [-0.05, 0) is 12.1 Å². The molecule has 0 fully saturated rings. The molecule has 0 saturated heterocycles. The van der Waals surface area contributed by atoms with E-state index >= 15 is 0 Å². The summed E-state index contributed by atoms with van der Waals surface area (Å²) in [7, 11) is 1.35. The molecular formula is C9H11Cl2NO2. The van der Waals surface area contributed by atoms with E-state index in [0.29, 0.717) is 11.6 Å². The summed E-state index contributed by atoms with van der Waals surface area (Å²) in [6.07, 6.45) is 0.196. The van der Waals surface area contributed by atoms with Crippen molar-refractivity contribution in [3.05, 3.63) is 29.6 Å². The Morgan fingerprint density at radius 3 is 2.71 bits per heavy atom. The summed E-state index contributed by atoms with van der Waals surface area (Å²) in [5.74, 6) is 0.0638. The number of carbonyl (C=O) groups excluding carboxylic acids is 1. The lowest BCUT2D eigenvalue weighted by Crippen LogP contribution is -2.06. The second-order valence-corrected chi connectivity index (χ2v) is 2.77. The van der Waals surface area contributed by atoms with Crippen LogP contribution in [0.3, 0.4) is 0 Å². The second-order valence-electron chi connectivity index (χ2n) is 2.51. The summed E-state index contributed by atoms with van der Waals surface area (Å²) in [4.78, 5) is 15.0. The van der Waals surface area contributed by atoms with Gasteiger partial charge in [-0.15, -0.1) is 24.0 Å². The molecule has 0 amide bonds. The molecule has 1 aromatic rings. The van der Waals surface area contributed by atoms with Crippen molar-refractivity contribution in [2.75, 3.05) is 7.11 Å². The summed E-state index contributed by atoms with van der Waals surface area (Å²) >= 11 is 5.59. The van der Waals surface area contributed by atoms with Crippen LogP contribution < -0.4 is 0 Å². The summed E-state index contributed by atoms with van der Waals surface area (Å²) in [5.41, 5.74) is 1.45. The summed E-state index contributed by atoms with van der Waals surface area (Å²) in [5, 5.41) is 0. The molecule has 1 heterocycles. The Hall–Kier alpha value is -0.800. The number of rotatable bonds is 3. The van der Waals surface area contributed by atoms with Gasteiger partial charge in [0, 0.05) is 0 Å². The second kappa shape index (κ2) is 6.62. The Labute approximate surface area is 93.8 Å². The van der Waals surface area contributed by atoms with E-state index in [9.17, 15) is 4.79 Å². The Bertz CT molecular complexity index is 305. The third-order valence-corrected chi connectivity index (χ3v) is 1.83. The van der Waals surface area contributed by atoms with Gasteiger partial charge >= 0.3 is 5.97 Å². The first-order valence-corrected chi connectivity index (χ1v) is 4.37. The Morgan fingerprint density at radius 2 is 2.14 bits per heavy atom. The number of hydrogen-bond acceptors (Lipinski definition) is 3. The van der Waals surface area contributed by atoms with E-state index in [2.05, 4.69) is 9.72 Å². The summed E-state index contributed by atoms with van der Waals surface area (Å²) in [6, 6.07) is 5.41. The van der Waals surface area contributed by atoms with E-state index in [1.165, 1.54) is 7.11 Å². The molecule has 0 N–H and O–H groups in total. The number of pyridine rings is 1. The van der Waals surface area contributed by atoms with Crippen molar-refractivity contribution in [2.45, 2.75) is 12.3 Å². The number of alkyl halides is 1. The van der Waals surface area contributed by atoms with E-state index in [4.69, 9.17) is 11.6 Å². The van der Waals surface area contributed by atoms with E-state index in [-0.39, 0.29) is 24.8 Å². The van der Waals surface area contributed by atoms with Gasteiger partial charge in [0.15, 0.2) is 0 Å². The van der Waals surface area contributed by atoms with Crippen LogP contribution in [-0.2, 0) is 21.8 Å². The average Bonchev–Trinajstić information content (AvgIpc) is 2.18. The number of methoxy groups -OCH3 is 1. The zero-order valence-electron chi connectivity index (χ0n) is 7.70. The molecule has 1 rings (SSSR count). The average molecular weight is 236 g/mol. The fourth-order valence-corrected chi connectivity index (χ4v) is 1.07. The van der Waals surface area contributed by atoms with Crippen LogP contribution in [0.25, 0.3) is 0 Å². The van der Waals surface area contributed by atoms with Crippen molar-refractivity contribution in [3.8, 4) is 0 Å². The number of esters is 1. The number of nitrogens with zero attached hydrogens (tertiary/aromatic N) is 1. The lowest BCUT2D eigenvalue weighted by molar-refractivity contribution is -0.139. The van der Waals surface area contributed by atoms with E-state index < -0.39 is 0 Å². The summed E-state index contributed by atoms with van der Waals surface area (Å²) < 4.78 is 4.52. The predicted molar refractivity (Wildman–Crippen MR) is 56.8 cm³/mol. The normalized spacial score (nSPS) is 9.00. The topological polar surface area (TPSA) is 39.2 Å². The molecule has 0 radical (unpaired) electrons. The third kappa shape index (κ3) is 3.94. The highest BCUT2D eigenvalue weighted by Crippen LogP contribution is 2.03. The Morgan fingerprint density at radius 1 is 1.50 bits per heavy atom. The van der Waals surface area contributed by atoms with Gasteiger partial charge in [0.25, 0.3) is 0 Å². The molecule has 14 heavy (non-hydrogen) atoms. The number of aromatic nitrogens is 1. The number of ether oxygens (including phenoxy) is 1. The van der Waals surface area contributed by atoms with Gasteiger partial charge < -0.3 is 4.74 Å². The summed E-state index contributed by atoms with van der Waals surface area (Å²) in [6.45, 7) is 0. The minimum atomic E-state index is -0.292. The minimum absolute atomic E-state index is 0. The van der Waals surface area contributed by atoms with Crippen molar-refractivity contribution in [1.29, 1.82) is 0 Å². The molecule has 0 aliphatic heterocycles. The Kier molecular flexibility index (Phi) is 6.25. The zero-order chi connectivity index (χ0) is 9.68. The maximum Gasteiger partial charge on any atom is 0.311 e. The lowest BCUT2D eigenvalue weighted by atomic mass is 10.2. The number of halogens is 2. The van der Waals surface area contributed by atoms with E-state index in [0.717, 1.165) is 5.69 Å². The molecule has 0 bridgehead atoms. The molecule has 0 saturated carbocycles. The largest absolute Gasteiger partial charge is 0.469 e. The first-order valence-electron chi connectivity index (χ1n) is 3.84. The van der Waals surface area contributed by atoms with Crippen molar-refractivity contribution in [2.24, 2.45) is 0 Å². The van der Waals surface area contributed by atoms with Crippen molar-refractivity contribution in [3.63, 3.8) is 0 Å². The maximum atomic E-state index is 10.9. The molecule has 0 aromatic carbocycles. The predicted octanol–water partition coefficient (Wildman–Crippen LogP) is 1.96. The van der Waals surface area contributed by atoms with Gasteiger partial charge in [-0.2, -0.15) is 0 Å². The Balaban J connectivity index is 0.00000169. The quantitative estimate of drug-likeness (QED) is 0.594. The highest BCUT2D eigenvalue weighted by Gasteiger charge is 2.03. The molecular weight excluding hydrogens is 225 g/mol. The van der Waals surface area contributed by atoms with Crippen LogP contribution in [-0.4, -0.2) is 18.1 Å². The van der Waals surface area contributed by atoms with E-state index in [1.54, 1.807) is 6.07 Å². The fourth-order valence-electron chi connectivity index (χ4n) is 0.922. The van der Waals surface area contributed by atoms with Crippen LogP contribution in [0, 0.1) is 0 Å². The number of carbonyl (C=O) groups is 1. The third-order valence-electron chi connectivity index (χ3n) is 1.55. The molecule has 0 aliphatic rings. The zero-order valence-corrected chi connectivity index (χ0v) is 9.27. The van der Waals surface area contributed by atoms with Gasteiger partial charge in [-0.1, -0.05) is 6.07 Å². The molecule has 0 aliphatic carbocycles. The van der Waals surface area contributed by atoms with Crippen molar-refractivity contribution >= 4 is 30.0 Å². The van der Waals surface area contributed by atoms with Crippen LogP contribution >= 0.6 is 24.0 Å². The van der Waals surface area contributed by atoms with Crippen LogP contribution in [0.15, 0.2) is 18.2 Å². The van der Waals surface area contributed by atoms with E-state index in [1.807, 2.05) is 12.1 Å². The monoisotopic (exact) mass is 235 g/mol. The molecule has 1 aromatic heterocycles. The minimum Gasteiger partial charge on any atom is -0.469 e. The van der Waals surface area contributed by atoms with Crippen molar-refractivity contribution < 1.29 is 9.53 Å². The van der Waals surface area contributed by atoms with Gasteiger partial charge in [0.05, 0.1) is 30.8 Å². The first-order chi connectivity index (χ1) is 6.26. The SMILES string of the molecule is COC(=O)Cc1cccc(CCl)n1.Cl. The van der Waals surface area contributed by atoms with Crippen LogP contribution in [0.1, 0.15) is 11.4 Å². The van der Waals surface area contributed by atoms with Gasteiger partial charge in [0.1, 0.15) is 0 Å². The van der Waals surface area contributed by atoms with Crippen LogP contribution in [0.2, 0.25) is 0 Å². The standard InChI is InChI=1S/C9H10ClNO2.ClH/c1-13-9(12)5-7-3-2-4-8(6-10)11-7;/h2-4H,5-6H2,1H3;1H. The number of hydrogen-bond donors (Lipinski definition) is 0. The van der Waals surface area contributed by atoms with Crippen molar-refractivity contribution in [1.82, 2.24) is 4.98 Å².